The lowest BCUT2D eigenvalue weighted by molar-refractivity contribution is 0.0569. The molecule has 2 aromatic heterocycles. The standard InChI is InChI=1S/C18H16N4O3/c1-24-15-7-3-2-6-14(15)16-20-17(25-21-16)13-10-22(11-13)18(23)12-5-4-8-19-9-12/h2-9,13H,10-11H2,1H3. The van der Waals surface area contributed by atoms with Crippen LogP contribution < -0.4 is 4.74 Å². The van der Waals surface area contributed by atoms with Crippen molar-refractivity contribution < 1.29 is 14.1 Å². The fourth-order valence-corrected chi connectivity index (χ4v) is 2.81. The molecule has 1 saturated heterocycles. The highest BCUT2D eigenvalue weighted by Crippen LogP contribution is 2.31. The van der Waals surface area contributed by atoms with Crippen molar-refractivity contribution >= 4 is 5.91 Å². The van der Waals surface area contributed by atoms with E-state index in [1.54, 1.807) is 36.5 Å². The lowest BCUT2D eigenvalue weighted by atomic mass is 9.99. The van der Waals surface area contributed by atoms with E-state index in [-0.39, 0.29) is 11.8 Å². The molecule has 126 valence electrons. The van der Waals surface area contributed by atoms with Crippen molar-refractivity contribution in [2.45, 2.75) is 5.92 Å². The van der Waals surface area contributed by atoms with Crippen molar-refractivity contribution in [1.29, 1.82) is 0 Å². The number of nitrogens with zero attached hydrogens (tertiary/aromatic N) is 4. The third kappa shape index (κ3) is 2.84. The first kappa shape index (κ1) is 15.3. The Bertz CT molecular complexity index is 888. The number of amides is 1. The van der Waals surface area contributed by atoms with Crippen molar-refractivity contribution in [1.82, 2.24) is 20.0 Å². The SMILES string of the molecule is COc1ccccc1-c1noc(C2CN(C(=O)c3cccnc3)C2)n1. The third-order valence-electron chi connectivity index (χ3n) is 4.22. The number of carbonyl (C=O) groups excluding carboxylic acids is 1. The number of hydrogen-bond acceptors (Lipinski definition) is 6. The molecule has 4 rings (SSSR count). The number of pyridine rings is 1. The molecule has 1 fully saturated rings. The van der Waals surface area contributed by atoms with Gasteiger partial charge in [-0.1, -0.05) is 17.3 Å². The Kier molecular flexibility index (Phi) is 3.89. The van der Waals surface area contributed by atoms with Crippen molar-refractivity contribution in [3.05, 3.63) is 60.2 Å². The predicted molar refractivity (Wildman–Crippen MR) is 89.2 cm³/mol. The lowest BCUT2D eigenvalue weighted by Crippen LogP contribution is -2.48. The average molecular weight is 336 g/mol. The predicted octanol–water partition coefficient (Wildman–Crippen LogP) is 2.38. The number of rotatable bonds is 4. The summed E-state index contributed by atoms with van der Waals surface area (Å²) in [6.07, 6.45) is 3.22. The summed E-state index contributed by atoms with van der Waals surface area (Å²) in [5.74, 6) is 1.74. The molecule has 7 heteroatoms. The minimum absolute atomic E-state index is 0.0335. The van der Waals surface area contributed by atoms with Gasteiger partial charge in [-0.15, -0.1) is 0 Å². The van der Waals surface area contributed by atoms with Crippen LogP contribution in [0.15, 0.2) is 53.3 Å². The summed E-state index contributed by atoms with van der Waals surface area (Å²) in [6.45, 7) is 1.11. The van der Waals surface area contributed by atoms with Crippen molar-refractivity contribution in [2.75, 3.05) is 20.2 Å². The van der Waals surface area contributed by atoms with Crippen molar-refractivity contribution in [3.63, 3.8) is 0 Å². The molecule has 0 aliphatic carbocycles. The van der Waals surface area contributed by atoms with E-state index >= 15 is 0 Å². The van der Waals surface area contributed by atoms with Crippen LogP contribution in [0, 0.1) is 0 Å². The summed E-state index contributed by atoms with van der Waals surface area (Å²) in [4.78, 5) is 22.5. The highest BCUT2D eigenvalue weighted by atomic mass is 16.5. The van der Waals surface area contributed by atoms with Gasteiger partial charge in [0, 0.05) is 25.5 Å². The number of carbonyl (C=O) groups is 1. The quantitative estimate of drug-likeness (QED) is 0.727. The molecule has 0 saturated carbocycles. The Hall–Kier alpha value is -3.22. The second-order valence-electron chi connectivity index (χ2n) is 5.81. The van der Waals surface area contributed by atoms with Gasteiger partial charge >= 0.3 is 0 Å². The molecule has 0 atom stereocenters. The largest absolute Gasteiger partial charge is 0.496 e. The van der Waals surface area contributed by atoms with Crippen LogP contribution in [0.25, 0.3) is 11.4 Å². The number of hydrogen-bond donors (Lipinski definition) is 0. The van der Waals surface area contributed by atoms with E-state index in [1.165, 1.54) is 0 Å². The highest BCUT2D eigenvalue weighted by molar-refractivity contribution is 5.94. The Morgan fingerprint density at radius 3 is 2.84 bits per heavy atom. The maximum Gasteiger partial charge on any atom is 0.255 e. The minimum atomic E-state index is -0.0335. The molecule has 0 bridgehead atoms. The molecule has 1 amide bonds. The number of aromatic nitrogens is 3. The molecule has 0 N–H and O–H groups in total. The summed E-state index contributed by atoms with van der Waals surface area (Å²) >= 11 is 0. The van der Waals surface area contributed by atoms with Crippen LogP contribution in [0.2, 0.25) is 0 Å². The van der Waals surface area contributed by atoms with Gasteiger partial charge in [-0.3, -0.25) is 9.78 Å². The summed E-state index contributed by atoms with van der Waals surface area (Å²) in [5.41, 5.74) is 1.36. The fourth-order valence-electron chi connectivity index (χ4n) is 2.81. The van der Waals surface area contributed by atoms with E-state index in [1.807, 2.05) is 24.3 Å². The maximum absolute atomic E-state index is 12.3. The van der Waals surface area contributed by atoms with E-state index in [0.717, 1.165) is 5.56 Å². The van der Waals surface area contributed by atoms with Gasteiger partial charge in [-0.25, -0.2) is 0 Å². The van der Waals surface area contributed by atoms with E-state index in [2.05, 4.69) is 15.1 Å². The number of para-hydroxylation sites is 1. The van der Waals surface area contributed by atoms with Gasteiger partial charge in [0.05, 0.1) is 24.2 Å². The molecular weight excluding hydrogens is 320 g/mol. The number of benzene rings is 1. The first-order chi connectivity index (χ1) is 12.3. The fraction of sp³-hybridized carbons (Fsp3) is 0.222. The van der Waals surface area contributed by atoms with Gasteiger partial charge in [0.1, 0.15) is 5.75 Å². The molecule has 0 spiro atoms. The van der Waals surface area contributed by atoms with E-state index < -0.39 is 0 Å². The highest BCUT2D eigenvalue weighted by Gasteiger charge is 2.36. The van der Waals surface area contributed by atoms with Crippen molar-refractivity contribution in [2.24, 2.45) is 0 Å². The van der Waals surface area contributed by atoms with Crippen LogP contribution >= 0.6 is 0 Å². The van der Waals surface area contributed by atoms with Gasteiger partial charge < -0.3 is 14.2 Å². The molecule has 3 heterocycles. The number of likely N-dealkylation sites (tertiary alicyclic amines) is 1. The first-order valence-electron chi connectivity index (χ1n) is 7.92. The van der Waals surface area contributed by atoms with Crippen LogP contribution in [0.4, 0.5) is 0 Å². The second-order valence-corrected chi connectivity index (χ2v) is 5.81. The molecule has 1 aliphatic rings. The second kappa shape index (κ2) is 6.35. The normalized spacial score (nSPS) is 14.2. The average Bonchev–Trinajstić information content (AvgIpc) is 3.10. The summed E-state index contributed by atoms with van der Waals surface area (Å²) in [6, 6.07) is 11.0. The monoisotopic (exact) mass is 336 g/mol. The molecule has 25 heavy (non-hydrogen) atoms. The van der Waals surface area contributed by atoms with Gasteiger partial charge in [0.15, 0.2) is 0 Å². The molecular formula is C18H16N4O3. The zero-order valence-electron chi connectivity index (χ0n) is 13.6. The molecule has 1 aliphatic heterocycles. The maximum atomic E-state index is 12.3. The van der Waals surface area contributed by atoms with Gasteiger partial charge in [0.25, 0.3) is 5.91 Å². The Morgan fingerprint density at radius 1 is 1.24 bits per heavy atom. The topological polar surface area (TPSA) is 81.4 Å². The molecule has 0 unspecified atom stereocenters. The van der Waals surface area contributed by atoms with Gasteiger partial charge in [-0.2, -0.15) is 4.98 Å². The van der Waals surface area contributed by atoms with Crippen LogP contribution in [0.3, 0.4) is 0 Å². The third-order valence-corrected chi connectivity index (χ3v) is 4.22. The zero-order valence-corrected chi connectivity index (χ0v) is 13.6. The Balaban J connectivity index is 1.45. The molecule has 1 aromatic carbocycles. The van der Waals surface area contributed by atoms with Crippen molar-refractivity contribution in [3.8, 4) is 17.1 Å². The zero-order chi connectivity index (χ0) is 17.2. The van der Waals surface area contributed by atoms with E-state index in [0.29, 0.717) is 36.1 Å². The molecule has 3 aromatic rings. The molecule has 7 nitrogen and oxygen atoms in total. The van der Waals surface area contributed by atoms with Gasteiger partial charge in [-0.05, 0) is 24.3 Å². The van der Waals surface area contributed by atoms with Crippen LogP contribution in [0.1, 0.15) is 22.2 Å². The lowest BCUT2D eigenvalue weighted by Gasteiger charge is -2.37. The Labute approximate surface area is 144 Å². The minimum Gasteiger partial charge on any atom is -0.496 e. The van der Waals surface area contributed by atoms with Crippen LogP contribution in [0.5, 0.6) is 5.75 Å². The smallest absolute Gasteiger partial charge is 0.255 e. The number of methoxy groups -OCH3 is 1. The molecule has 0 radical (unpaired) electrons. The van der Waals surface area contributed by atoms with Gasteiger partial charge in [0.2, 0.25) is 11.7 Å². The van der Waals surface area contributed by atoms with E-state index in [4.69, 9.17) is 9.26 Å². The first-order valence-corrected chi connectivity index (χ1v) is 7.92. The van der Waals surface area contributed by atoms with Crippen LogP contribution in [-0.4, -0.2) is 46.1 Å². The van der Waals surface area contributed by atoms with E-state index in [9.17, 15) is 4.79 Å². The Morgan fingerprint density at radius 2 is 2.08 bits per heavy atom. The number of ether oxygens (including phenoxy) is 1. The summed E-state index contributed by atoms with van der Waals surface area (Å²) in [7, 11) is 1.60. The van der Waals surface area contributed by atoms with Crippen LogP contribution in [-0.2, 0) is 0 Å². The summed E-state index contributed by atoms with van der Waals surface area (Å²) in [5, 5.41) is 4.05. The summed E-state index contributed by atoms with van der Waals surface area (Å²) < 4.78 is 10.7.